The molecule has 2 nitrogen and oxygen atoms in total. The molecule has 0 heterocycles. The van der Waals surface area contributed by atoms with Gasteiger partial charge in [0, 0.05) is 11.6 Å². The highest BCUT2D eigenvalue weighted by Gasteiger charge is 2.24. The predicted octanol–water partition coefficient (Wildman–Crippen LogP) is 3.92. The summed E-state index contributed by atoms with van der Waals surface area (Å²) in [7, 11) is 0. The zero-order valence-corrected chi connectivity index (χ0v) is 12.5. The van der Waals surface area contributed by atoms with Gasteiger partial charge in [-0.15, -0.1) is 0 Å². The molecule has 0 aliphatic heterocycles. The third-order valence-corrected chi connectivity index (χ3v) is 4.33. The maximum atomic E-state index is 12.5. The van der Waals surface area contributed by atoms with Crippen LogP contribution in [0.5, 0.6) is 0 Å². The smallest absolute Gasteiger partial charge is 0.252 e. The Hall–Kier alpha value is -1.31. The normalized spacial score (nSPS) is 23.2. The summed E-state index contributed by atoms with van der Waals surface area (Å²) in [4.78, 5) is 12.5. The Labute approximate surface area is 116 Å². The van der Waals surface area contributed by atoms with Crippen molar-refractivity contribution in [3.8, 4) is 0 Å². The van der Waals surface area contributed by atoms with Crippen molar-refractivity contribution in [3.05, 3.63) is 34.4 Å². The summed E-state index contributed by atoms with van der Waals surface area (Å²) in [5.74, 6) is 0.706. The summed E-state index contributed by atoms with van der Waals surface area (Å²) in [6.07, 6.45) is 4.89. The number of benzene rings is 1. The lowest BCUT2D eigenvalue weighted by atomic mass is 9.85. The van der Waals surface area contributed by atoms with Crippen LogP contribution in [0.25, 0.3) is 0 Å². The van der Waals surface area contributed by atoms with Crippen LogP contribution in [0.15, 0.2) is 12.1 Å². The summed E-state index contributed by atoms with van der Waals surface area (Å²) in [5.41, 5.74) is 4.25. The monoisotopic (exact) mass is 259 g/mol. The van der Waals surface area contributed by atoms with E-state index in [9.17, 15) is 4.79 Å². The van der Waals surface area contributed by atoms with Gasteiger partial charge in [0.25, 0.3) is 5.91 Å². The van der Waals surface area contributed by atoms with Gasteiger partial charge in [-0.3, -0.25) is 4.79 Å². The summed E-state index contributed by atoms with van der Waals surface area (Å²) in [6.45, 7) is 8.38. The second kappa shape index (κ2) is 5.77. The van der Waals surface area contributed by atoms with Crippen LogP contribution < -0.4 is 5.32 Å². The zero-order chi connectivity index (χ0) is 14.0. The van der Waals surface area contributed by atoms with E-state index in [1.54, 1.807) is 0 Å². The van der Waals surface area contributed by atoms with Crippen LogP contribution >= 0.6 is 0 Å². The fourth-order valence-electron chi connectivity index (χ4n) is 3.31. The van der Waals surface area contributed by atoms with Crippen molar-refractivity contribution in [1.82, 2.24) is 5.32 Å². The summed E-state index contributed by atoms with van der Waals surface area (Å²) in [5, 5.41) is 3.25. The van der Waals surface area contributed by atoms with Crippen LogP contribution in [0.1, 0.15) is 59.7 Å². The minimum atomic E-state index is 0.105. The van der Waals surface area contributed by atoms with E-state index >= 15 is 0 Å². The second-order valence-corrected chi connectivity index (χ2v) is 6.12. The molecular weight excluding hydrogens is 234 g/mol. The molecule has 1 saturated carbocycles. The Morgan fingerprint density at radius 2 is 1.68 bits per heavy atom. The van der Waals surface area contributed by atoms with Gasteiger partial charge in [0.1, 0.15) is 0 Å². The van der Waals surface area contributed by atoms with Crippen LogP contribution in [0.2, 0.25) is 0 Å². The van der Waals surface area contributed by atoms with Gasteiger partial charge in [-0.1, -0.05) is 37.5 Å². The molecule has 2 rings (SSSR count). The number of hydrogen-bond donors (Lipinski definition) is 1. The first-order valence-corrected chi connectivity index (χ1v) is 7.37. The molecule has 2 heteroatoms. The highest BCUT2D eigenvalue weighted by molar-refractivity contribution is 5.97. The standard InChI is InChI=1S/C17H25NO/c1-11-9-13(3)16(14(4)10-11)17(19)18-15-8-6-5-7-12(15)2/h9-10,12,15H,5-8H2,1-4H3,(H,18,19). The molecule has 104 valence electrons. The van der Waals surface area contributed by atoms with Gasteiger partial charge in [0.15, 0.2) is 0 Å². The molecule has 1 fully saturated rings. The molecule has 1 amide bonds. The Balaban J connectivity index is 2.16. The van der Waals surface area contributed by atoms with Crippen molar-refractivity contribution in [2.45, 2.75) is 59.4 Å². The van der Waals surface area contributed by atoms with E-state index in [0.29, 0.717) is 12.0 Å². The molecule has 1 N–H and O–H groups in total. The van der Waals surface area contributed by atoms with Crippen molar-refractivity contribution in [2.75, 3.05) is 0 Å². The van der Waals surface area contributed by atoms with Gasteiger partial charge in [0.2, 0.25) is 0 Å². The van der Waals surface area contributed by atoms with Crippen molar-refractivity contribution in [3.63, 3.8) is 0 Å². The van der Waals surface area contributed by atoms with Crippen LogP contribution in [0.3, 0.4) is 0 Å². The van der Waals surface area contributed by atoms with E-state index in [1.165, 1.54) is 24.8 Å². The fraction of sp³-hybridized carbons (Fsp3) is 0.588. The topological polar surface area (TPSA) is 29.1 Å². The number of carbonyl (C=O) groups excluding carboxylic acids is 1. The van der Waals surface area contributed by atoms with E-state index in [-0.39, 0.29) is 5.91 Å². The van der Waals surface area contributed by atoms with Crippen molar-refractivity contribution >= 4 is 5.91 Å². The van der Waals surface area contributed by atoms with E-state index in [0.717, 1.165) is 23.1 Å². The first kappa shape index (κ1) is 14.1. The molecule has 1 aromatic rings. The van der Waals surface area contributed by atoms with E-state index < -0.39 is 0 Å². The number of hydrogen-bond acceptors (Lipinski definition) is 1. The van der Waals surface area contributed by atoms with Gasteiger partial charge in [-0.2, -0.15) is 0 Å². The van der Waals surface area contributed by atoms with Crippen molar-refractivity contribution in [1.29, 1.82) is 0 Å². The van der Waals surface area contributed by atoms with Crippen LogP contribution in [-0.4, -0.2) is 11.9 Å². The molecule has 1 aliphatic rings. The molecule has 0 spiro atoms. The number of rotatable bonds is 2. The minimum Gasteiger partial charge on any atom is -0.349 e. The lowest BCUT2D eigenvalue weighted by molar-refractivity contribution is 0.0909. The molecule has 0 saturated heterocycles. The molecule has 2 unspecified atom stereocenters. The SMILES string of the molecule is Cc1cc(C)c(C(=O)NC2CCCCC2C)c(C)c1. The molecule has 2 atom stereocenters. The number of aryl methyl sites for hydroxylation is 3. The molecule has 1 aromatic carbocycles. The first-order chi connectivity index (χ1) is 8.99. The van der Waals surface area contributed by atoms with Gasteiger partial charge < -0.3 is 5.32 Å². The molecule has 0 bridgehead atoms. The average molecular weight is 259 g/mol. The second-order valence-electron chi connectivity index (χ2n) is 6.12. The van der Waals surface area contributed by atoms with Gasteiger partial charge in [-0.25, -0.2) is 0 Å². The fourth-order valence-corrected chi connectivity index (χ4v) is 3.31. The largest absolute Gasteiger partial charge is 0.349 e. The van der Waals surface area contributed by atoms with Crippen molar-refractivity contribution < 1.29 is 4.79 Å². The Morgan fingerprint density at radius 3 is 2.26 bits per heavy atom. The first-order valence-electron chi connectivity index (χ1n) is 7.37. The Kier molecular flexibility index (Phi) is 4.28. The molecule has 1 aliphatic carbocycles. The van der Waals surface area contributed by atoms with E-state index in [4.69, 9.17) is 0 Å². The average Bonchev–Trinajstić information content (AvgIpc) is 2.30. The lowest BCUT2D eigenvalue weighted by Gasteiger charge is -2.30. The highest BCUT2D eigenvalue weighted by Crippen LogP contribution is 2.24. The molecule has 0 radical (unpaired) electrons. The molecular formula is C17H25NO. The third kappa shape index (κ3) is 3.17. The van der Waals surface area contributed by atoms with Gasteiger partial charge >= 0.3 is 0 Å². The van der Waals surface area contributed by atoms with Crippen LogP contribution in [-0.2, 0) is 0 Å². The van der Waals surface area contributed by atoms with Crippen LogP contribution in [0, 0.1) is 26.7 Å². The quantitative estimate of drug-likeness (QED) is 0.857. The number of carbonyl (C=O) groups is 1. The zero-order valence-electron chi connectivity index (χ0n) is 12.5. The number of nitrogens with one attached hydrogen (secondary N) is 1. The Morgan fingerprint density at radius 1 is 1.11 bits per heavy atom. The maximum Gasteiger partial charge on any atom is 0.252 e. The minimum absolute atomic E-state index is 0.105. The Bertz CT molecular complexity index is 455. The number of amides is 1. The van der Waals surface area contributed by atoms with Crippen LogP contribution in [0.4, 0.5) is 0 Å². The predicted molar refractivity (Wildman–Crippen MR) is 79.5 cm³/mol. The highest BCUT2D eigenvalue weighted by atomic mass is 16.1. The van der Waals surface area contributed by atoms with E-state index in [2.05, 4.69) is 31.3 Å². The third-order valence-electron chi connectivity index (χ3n) is 4.33. The summed E-state index contributed by atoms with van der Waals surface area (Å²) >= 11 is 0. The van der Waals surface area contributed by atoms with E-state index in [1.807, 2.05) is 13.8 Å². The molecule has 19 heavy (non-hydrogen) atoms. The lowest BCUT2D eigenvalue weighted by Crippen LogP contribution is -2.41. The van der Waals surface area contributed by atoms with Gasteiger partial charge in [0.05, 0.1) is 0 Å². The maximum absolute atomic E-state index is 12.5. The summed E-state index contributed by atoms with van der Waals surface area (Å²) in [6, 6.07) is 4.53. The summed E-state index contributed by atoms with van der Waals surface area (Å²) < 4.78 is 0. The van der Waals surface area contributed by atoms with Crippen molar-refractivity contribution in [2.24, 2.45) is 5.92 Å². The molecule has 0 aromatic heterocycles. The van der Waals surface area contributed by atoms with Gasteiger partial charge in [-0.05, 0) is 50.7 Å².